The maximum Gasteiger partial charge on any atom is 0.330 e. The number of ether oxygens (including phenoxy) is 1. The Morgan fingerprint density at radius 2 is 2.03 bits per heavy atom. The maximum absolute atomic E-state index is 13.5. The standard InChI is InChI=1S/C24H28ClN5O3/c1-29-18-11-26-21(27-17-5-15-2-3-33-19(15)6-16(17)25)28-20(18)30(22(29)31)23-7-13-4-14(8-23)10-24(32,9-13)12-23/h5-6,11,13-15,19,32H,2-4,7-10,12H2,1H3,(H,26,27,28). The summed E-state index contributed by atoms with van der Waals surface area (Å²) in [5.41, 5.74) is 0.989. The number of hydrogen-bond acceptors (Lipinski definition) is 6. The molecule has 8 rings (SSSR count). The summed E-state index contributed by atoms with van der Waals surface area (Å²) in [4.78, 5) is 22.8. The highest BCUT2D eigenvalue weighted by Crippen LogP contribution is 2.60. The molecule has 174 valence electrons. The normalized spacial score (nSPS) is 39.0. The van der Waals surface area contributed by atoms with Crippen LogP contribution in [-0.4, -0.2) is 42.5 Å². The van der Waals surface area contributed by atoms with Crippen molar-refractivity contribution >= 4 is 28.7 Å². The first kappa shape index (κ1) is 20.2. The van der Waals surface area contributed by atoms with E-state index in [4.69, 9.17) is 21.3 Å². The Hall–Kier alpha value is -2.16. The number of aromatic nitrogens is 4. The molecule has 4 saturated carbocycles. The molecule has 6 aliphatic rings. The summed E-state index contributed by atoms with van der Waals surface area (Å²) in [6, 6.07) is 0. The second kappa shape index (κ2) is 6.71. The van der Waals surface area contributed by atoms with Crippen molar-refractivity contribution in [2.45, 2.75) is 62.2 Å². The van der Waals surface area contributed by atoms with Crippen LogP contribution in [0.5, 0.6) is 0 Å². The van der Waals surface area contributed by atoms with Crippen LogP contribution < -0.4 is 11.0 Å². The van der Waals surface area contributed by atoms with Crippen LogP contribution in [0.3, 0.4) is 0 Å². The fourth-order valence-corrected chi connectivity index (χ4v) is 7.99. The molecule has 0 spiro atoms. The minimum atomic E-state index is -0.662. The molecule has 9 heteroatoms. The molecule has 8 nitrogen and oxygen atoms in total. The van der Waals surface area contributed by atoms with Gasteiger partial charge in [-0.2, -0.15) is 4.98 Å². The predicted octanol–water partition coefficient (Wildman–Crippen LogP) is 3.01. The Bertz CT molecular complexity index is 1280. The molecule has 4 unspecified atom stereocenters. The van der Waals surface area contributed by atoms with Gasteiger partial charge in [-0.1, -0.05) is 17.7 Å². The van der Waals surface area contributed by atoms with E-state index in [1.165, 1.54) is 0 Å². The van der Waals surface area contributed by atoms with Gasteiger partial charge in [-0.25, -0.2) is 9.78 Å². The second-order valence-corrected chi connectivity index (χ2v) is 11.4. The Morgan fingerprint density at radius 1 is 1.24 bits per heavy atom. The van der Waals surface area contributed by atoms with Gasteiger partial charge in [-0.05, 0) is 62.9 Å². The monoisotopic (exact) mass is 469 g/mol. The zero-order valence-corrected chi connectivity index (χ0v) is 19.4. The van der Waals surface area contributed by atoms with E-state index >= 15 is 0 Å². The average Bonchev–Trinajstić information content (AvgIpc) is 3.28. The summed E-state index contributed by atoms with van der Waals surface area (Å²) >= 11 is 6.51. The van der Waals surface area contributed by atoms with Gasteiger partial charge in [-0.3, -0.25) is 9.13 Å². The Morgan fingerprint density at radius 3 is 2.79 bits per heavy atom. The maximum atomic E-state index is 13.5. The number of anilines is 1. The fourth-order valence-electron chi connectivity index (χ4n) is 7.75. The van der Waals surface area contributed by atoms with Crippen LogP contribution >= 0.6 is 11.6 Å². The number of nitrogens with zero attached hydrogens (tertiary/aromatic N) is 4. The average molecular weight is 470 g/mol. The largest absolute Gasteiger partial charge is 0.390 e. The lowest BCUT2D eigenvalue weighted by Gasteiger charge is -2.60. The smallest absolute Gasteiger partial charge is 0.330 e. The number of aryl methyl sites for hydroxylation is 1. The molecular weight excluding hydrogens is 442 g/mol. The van der Waals surface area contributed by atoms with Crippen molar-refractivity contribution in [1.82, 2.24) is 19.1 Å². The van der Waals surface area contributed by atoms with Gasteiger partial charge in [-0.15, -0.1) is 0 Å². The first-order valence-corrected chi connectivity index (χ1v) is 12.4. The van der Waals surface area contributed by atoms with Crippen molar-refractivity contribution in [3.05, 3.63) is 39.6 Å². The van der Waals surface area contributed by atoms with Crippen molar-refractivity contribution in [1.29, 1.82) is 0 Å². The molecule has 2 aromatic rings. The van der Waals surface area contributed by atoms with Gasteiger partial charge < -0.3 is 15.2 Å². The summed E-state index contributed by atoms with van der Waals surface area (Å²) < 4.78 is 9.23. The highest BCUT2D eigenvalue weighted by molar-refractivity contribution is 6.32. The van der Waals surface area contributed by atoms with Gasteiger partial charge in [0.15, 0.2) is 5.65 Å². The zero-order chi connectivity index (χ0) is 22.5. The molecule has 1 saturated heterocycles. The summed E-state index contributed by atoms with van der Waals surface area (Å²) in [6.45, 7) is 0.731. The van der Waals surface area contributed by atoms with E-state index in [-0.39, 0.29) is 17.3 Å². The number of aliphatic hydroxyl groups is 1. The lowest BCUT2D eigenvalue weighted by molar-refractivity contribution is -0.156. The van der Waals surface area contributed by atoms with E-state index in [1.54, 1.807) is 17.8 Å². The number of fused-ring (bicyclic) bond motifs is 2. The number of hydrogen-bond donors (Lipinski definition) is 2. The summed E-state index contributed by atoms with van der Waals surface area (Å²) in [5.74, 6) is 1.65. The van der Waals surface area contributed by atoms with Gasteiger partial charge in [0.25, 0.3) is 0 Å². The van der Waals surface area contributed by atoms with Gasteiger partial charge in [0.1, 0.15) is 5.52 Å². The topological polar surface area (TPSA) is 94.2 Å². The molecule has 0 aromatic carbocycles. The predicted molar refractivity (Wildman–Crippen MR) is 124 cm³/mol. The minimum absolute atomic E-state index is 0.0348. The van der Waals surface area contributed by atoms with E-state index in [2.05, 4.69) is 16.4 Å². The lowest BCUT2D eigenvalue weighted by Crippen LogP contribution is -2.61. The van der Waals surface area contributed by atoms with Gasteiger partial charge >= 0.3 is 5.69 Å². The van der Waals surface area contributed by atoms with Crippen LogP contribution in [0.15, 0.2) is 33.9 Å². The third-order valence-electron chi connectivity index (χ3n) is 8.65. The van der Waals surface area contributed by atoms with E-state index < -0.39 is 5.60 Å². The Balaban J connectivity index is 1.31. The lowest BCUT2D eigenvalue weighted by atomic mass is 9.51. The SMILES string of the molecule is Cn1c(=O)n(C23CC4CC(CC(O)(C4)C2)C3)c2nc(NC3=CC4CCOC4C=C3Cl)ncc21. The first-order valence-electron chi connectivity index (χ1n) is 12.0. The van der Waals surface area contributed by atoms with Crippen LogP contribution in [0.4, 0.5) is 5.95 Å². The summed E-state index contributed by atoms with van der Waals surface area (Å²) in [5, 5.41) is 15.1. The minimum Gasteiger partial charge on any atom is -0.390 e. The highest BCUT2D eigenvalue weighted by Gasteiger charge is 2.59. The zero-order valence-electron chi connectivity index (χ0n) is 18.6. The van der Waals surface area contributed by atoms with E-state index in [0.29, 0.717) is 46.3 Å². The molecule has 4 atom stereocenters. The quantitative estimate of drug-likeness (QED) is 0.717. The first-order chi connectivity index (χ1) is 15.8. The molecule has 0 amide bonds. The van der Waals surface area contributed by atoms with Crippen LogP contribution in [-0.2, 0) is 17.3 Å². The number of halogens is 1. The number of imidazole rings is 1. The molecule has 33 heavy (non-hydrogen) atoms. The third-order valence-corrected chi connectivity index (χ3v) is 8.98. The molecule has 5 fully saturated rings. The molecule has 0 radical (unpaired) electrons. The Kier molecular flexibility index (Phi) is 4.11. The summed E-state index contributed by atoms with van der Waals surface area (Å²) in [6.07, 6.45) is 12.1. The molecule has 5 aliphatic carbocycles. The van der Waals surface area contributed by atoms with Crippen molar-refractivity contribution in [2.75, 3.05) is 11.9 Å². The highest BCUT2D eigenvalue weighted by atomic mass is 35.5. The molecular formula is C24H28ClN5O3. The van der Waals surface area contributed by atoms with Crippen molar-refractivity contribution in [3.63, 3.8) is 0 Å². The number of allylic oxidation sites excluding steroid dienone is 1. The van der Waals surface area contributed by atoms with Crippen molar-refractivity contribution in [2.24, 2.45) is 24.8 Å². The Labute approximate surface area is 196 Å². The van der Waals surface area contributed by atoms with Crippen LogP contribution in [0, 0.1) is 17.8 Å². The van der Waals surface area contributed by atoms with Gasteiger partial charge in [0.05, 0.1) is 34.2 Å². The third kappa shape index (κ3) is 2.93. The van der Waals surface area contributed by atoms with Gasteiger partial charge in [0.2, 0.25) is 5.95 Å². The fraction of sp³-hybridized carbons (Fsp3) is 0.625. The van der Waals surface area contributed by atoms with E-state index in [0.717, 1.165) is 50.8 Å². The molecule has 3 heterocycles. The van der Waals surface area contributed by atoms with Crippen molar-refractivity contribution in [3.8, 4) is 0 Å². The molecule has 1 aliphatic heterocycles. The van der Waals surface area contributed by atoms with Crippen LogP contribution in [0.1, 0.15) is 44.9 Å². The van der Waals surface area contributed by atoms with Crippen molar-refractivity contribution < 1.29 is 9.84 Å². The van der Waals surface area contributed by atoms with Crippen LogP contribution in [0.2, 0.25) is 0 Å². The molecule has 4 bridgehead atoms. The number of nitrogens with one attached hydrogen (secondary N) is 1. The summed E-state index contributed by atoms with van der Waals surface area (Å²) in [7, 11) is 1.77. The van der Waals surface area contributed by atoms with Crippen LogP contribution in [0.25, 0.3) is 11.2 Å². The number of rotatable bonds is 3. The molecule has 2 aromatic heterocycles. The van der Waals surface area contributed by atoms with Gasteiger partial charge in [0, 0.05) is 19.6 Å². The van der Waals surface area contributed by atoms with E-state index in [1.807, 2.05) is 10.6 Å². The molecule has 2 N–H and O–H groups in total. The van der Waals surface area contributed by atoms with E-state index in [9.17, 15) is 9.90 Å². The second-order valence-electron chi connectivity index (χ2n) is 11.0.